The molecular formula is C21H25N3O2. The molecule has 5 heteroatoms. The van der Waals surface area contributed by atoms with Crippen molar-refractivity contribution in [1.29, 1.82) is 0 Å². The average Bonchev–Trinajstić information content (AvgIpc) is 2.94. The number of benzene rings is 1. The van der Waals surface area contributed by atoms with Crippen LogP contribution in [0.5, 0.6) is 0 Å². The summed E-state index contributed by atoms with van der Waals surface area (Å²) >= 11 is 0. The van der Waals surface area contributed by atoms with Gasteiger partial charge in [0.1, 0.15) is 5.60 Å². The molecule has 26 heavy (non-hydrogen) atoms. The maximum absolute atomic E-state index is 11.2. The molecule has 2 aromatic heterocycles. The smallest absolute Gasteiger partial charge is 0.130 e. The number of nitrogens with zero attached hydrogens (tertiary/aromatic N) is 3. The third-order valence-electron chi connectivity index (χ3n) is 5.50. The Hall–Kier alpha value is -2.21. The minimum absolute atomic E-state index is 0.326. The summed E-state index contributed by atoms with van der Waals surface area (Å²) in [4.78, 5) is 6.35. The molecule has 1 aromatic carbocycles. The van der Waals surface area contributed by atoms with Gasteiger partial charge in [0.2, 0.25) is 0 Å². The van der Waals surface area contributed by atoms with Crippen molar-refractivity contribution in [2.45, 2.75) is 32.0 Å². The zero-order valence-electron chi connectivity index (χ0n) is 15.3. The Labute approximate surface area is 153 Å². The van der Waals surface area contributed by atoms with Gasteiger partial charge in [-0.3, -0.25) is 4.98 Å². The second-order valence-electron chi connectivity index (χ2n) is 7.45. The molecule has 2 N–H and O–H groups in total. The SMILES string of the molecule is Cc1ccc2c(c1)c1c(n2CC(O)(CO)c2ccncc2)CCN(C)C1. The molecule has 1 atom stereocenters. The van der Waals surface area contributed by atoms with E-state index in [4.69, 9.17) is 0 Å². The number of hydrogen-bond acceptors (Lipinski definition) is 4. The Bertz CT molecular complexity index is 935. The van der Waals surface area contributed by atoms with Crippen molar-refractivity contribution in [2.24, 2.45) is 0 Å². The fourth-order valence-corrected chi connectivity index (χ4v) is 4.04. The zero-order chi connectivity index (χ0) is 18.3. The van der Waals surface area contributed by atoms with Crippen molar-refractivity contribution >= 4 is 10.9 Å². The van der Waals surface area contributed by atoms with E-state index in [0.29, 0.717) is 12.1 Å². The molecule has 0 saturated heterocycles. The van der Waals surface area contributed by atoms with E-state index < -0.39 is 5.60 Å². The summed E-state index contributed by atoms with van der Waals surface area (Å²) < 4.78 is 2.20. The van der Waals surface area contributed by atoms with Gasteiger partial charge in [-0.05, 0) is 49.4 Å². The molecule has 1 aliphatic heterocycles. The van der Waals surface area contributed by atoms with Crippen molar-refractivity contribution in [3.8, 4) is 0 Å². The van der Waals surface area contributed by atoms with Crippen LogP contribution in [-0.2, 0) is 25.1 Å². The Kier molecular flexibility index (Phi) is 4.31. The average molecular weight is 351 g/mol. The van der Waals surface area contributed by atoms with E-state index in [-0.39, 0.29) is 6.61 Å². The molecule has 3 aromatic rings. The Morgan fingerprint density at radius 3 is 2.69 bits per heavy atom. The fourth-order valence-electron chi connectivity index (χ4n) is 4.04. The number of likely N-dealkylation sites (N-methyl/N-ethyl adjacent to an activating group) is 1. The first-order chi connectivity index (χ1) is 12.5. The lowest BCUT2D eigenvalue weighted by Gasteiger charge is -2.30. The van der Waals surface area contributed by atoms with E-state index in [1.165, 1.54) is 22.2 Å². The highest BCUT2D eigenvalue weighted by atomic mass is 16.3. The highest BCUT2D eigenvalue weighted by Gasteiger charge is 2.32. The molecular weight excluding hydrogens is 326 g/mol. The number of aliphatic hydroxyl groups is 2. The third kappa shape index (κ3) is 2.82. The van der Waals surface area contributed by atoms with Gasteiger partial charge in [-0.25, -0.2) is 0 Å². The van der Waals surface area contributed by atoms with Crippen LogP contribution in [0.1, 0.15) is 22.4 Å². The summed E-state index contributed by atoms with van der Waals surface area (Å²) in [5.74, 6) is 0. The molecule has 3 heterocycles. The number of aromatic nitrogens is 2. The van der Waals surface area contributed by atoms with E-state index in [9.17, 15) is 10.2 Å². The molecule has 4 rings (SSSR count). The summed E-state index contributed by atoms with van der Waals surface area (Å²) in [6.45, 7) is 4.00. The Morgan fingerprint density at radius 2 is 1.96 bits per heavy atom. The molecule has 0 fully saturated rings. The summed E-state index contributed by atoms with van der Waals surface area (Å²) in [6.07, 6.45) is 4.24. The molecule has 0 spiro atoms. The van der Waals surface area contributed by atoms with Gasteiger partial charge in [-0.15, -0.1) is 0 Å². The summed E-state index contributed by atoms with van der Waals surface area (Å²) in [5.41, 5.74) is 4.31. The topological polar surface area (TPSA) is 61.5 Å². The first-order valence-electron chi connectivity index (χ1n) is 9.05. The van der Waals surface area contributed by atoms with E-state index >= 15 is 0 Å². The zero-order valence-corrected chi connectivity index (χ0v) is 15.3. The van der Waals surface area contributed by atoms with Crippen molar-refractivity contribution in [3.63, 3.8) is 0 Å². The molecule has 136 valence electrons. The van der Waals surface area contributed by atoms with Crippen LogP contribution >= 0.6 is 0 Å². The van der Waals surface area contributed by atoms with Gasteiger partial charge in [0.25, 0.3) is 0 Å². The Balaban J connectivity index is 1.86. The molecule has 5 nitrogen and oxygen atoms in total. The van der Waals surface area contributed by atoms with Crippen molar-refractivity contribution in [3.05, 3.63) is 65.1 Å². The van der Waals surface area contributed by atoms with E-state index in [2.05, 4.69) is 46.6 Å². The molecule has 1 aliphatic rings. The molecule has 0 amide bonds. The monoisotopic (exact) mass is 351 g/mol. The third-order valence-corrected chi connectivity index (χ3v) is 5.50. The normalized spacial score (nSPS) is 17.2. The van der Waals surface area contributed by atoms with Gasteiger partial charge < -0.3 is 19.7 Å². The minimum atomic E-state index is -1.34. The van der Waals surface area contributed by atoms with Crippen molar-refractivity contribution < 1.29 is 10.2 Å². The van der Waals surface area contributed by atoms with Crippen LogP contribution in [0.15, 0.2) is 42.7 Å². The van der Waals surface area contributed by atoms with E-state index in [1.807, 2.05) is 0 Å². The second kappa shape index (κ2) is 6.50. The van der Waals surface area contributed by atoms with Gasteiger partial charge >= 0.3 is 0 Å². The maximum atomic E-state index is 11.2. The molecule has 0 bridgehead atoms. The lowest BCUT2D eigenvalue weighted by Crippen LogP contribution is -2.36. The largest absolute Gasteiger partial charge is 0.393 e. The van der Waals surface area contributed by atoms with Crippen LogP contribution in [0.2, 0.25) is 0 Å². The Morgan fingerprint density at radius 1 is 1.19 bits per heavy atom. The first kappa shape index (κ1) is 17.2. The van der Waals surface area contributed by atoms with Crippen LogP contribution < -0.4 is 0 Å². The molecule has 0 aliphatic carbocycles. The minimum Gasteiger partial charge on any atom is -0.393 e. The standard InChI is InChI=1S/C21H25N3O2/c1-15-3-4-19-17(11-15)18-12-23(2)10-7-20(18)24(19)13-21(26,14-25)16-5-8-22-9-6-16/h3-6,8-9,11,25-26H,7,10,12-14H2,1-2H3. The van der Waals surface area contributed by atoms with Gasteiger partial charge in [-0.2, -0.15) is 0 Å². The van der Waals surface area contributed by atoms with Crippen LogP contribution in [0, 0.1) is 6.92 Å². The molecule has 0 saturated carbocycles. The van der Waals surface area contributed by atoms with Gasteiger partial charge in [0, 0.05) is 48.5 Å². The van der Waals surface area contributed by atoms with Crippen LogP contribution in [0.25, 0.3) is 10.9 Å². The molecule has 1 unspecified atom stereocenters. The molecule has 0 radical (unpaired) electrons. The quantitative estimate of drug-likeness (QED) is 0.757. The number of aryl methyl sites for hydroxylation is 1. The maximum Gasteiger partial charge on any atom is 0.130 e. The number of aliphatic hydroxyl groups excluding tert-OH is 1. The van der Waals surface area contributed by atoms with Gasteiger partial charge in [-0.1, -0.05) is 11.6 Å². The lowest BCUT2D eigenvalue weighted by atomic mass is 9.95. The van der Waals surface area contributed by atoms with Crippen molar-refractivity contribution in [2.75, 3.05) is 20.2 Å². The van der Waals surface area contributed by atoms with Crippen LogP contribution in [-0.4, -0.2) is 44.9 Å². The lowest BCUT2D eigenvalue weighted by molar-refractivity contribution is -0.0329. The van der Waals surface area contributed by atoms with E-state index in [0.717, 1.165) is 25.0 Å². The van der Waals surface area contributed by atoms with Crippen LogP contribution in [0.4, 0.5) is 0 Å². The first-order valence-corrected chi connectivity index (χ1v) is 9.05. The van der Waals surface area contributed by atoms with E-state index in [1.54, 1.807) is 24.5 Å². The number of fused-ring (bicyclic) bond motifs is 3. The summed E-state index contributed by atoms with van der Waals surface area (Å²) in [7, 11) is 2.14. The van der Waals surface area contributed by atoms with Crippen LogP contribution in [0.3, 0.4) is 0 Å². The second-order valence-corrected chi connectivity index (χ2v) is 7.45. The van der Waals surface area contributed by atoms with Crippen molar-refractivity contribution in [1.82, 2.24) is 14.5 Å². The van der Waals surface area contributed by atoms with Gasteiger partial charge in [0.05, 0.1) is 13.2 Å². The highest BCUT2D eigenvalue weighted by Crippen LogP contribution is 2.34. The predicted molar refractivity (Wildman–Crippen MR) is 102 cm³/mol. The highest BCUT2D eigenvalue weighted by molar-refractivity contribution is 5.86. The number of hydrogen-bond donors (Lipinski definition) is 2. The predicted octanol–water partition coefficient (Wildman–Crippen LogP) is 2.21. The number of pyridine rings is 1. The summed E-state index contributed by atoms with van der Waals surface area (Å²) in [5, 5.41) is 22.5. The fraction of sp³-hybridized carbons (Fsp3) is 0.381. The number of rotatable bonds is 4. The van der Waals surface area contributed by atoms with Gasteiger partial charge in [0.15, 0.2) is 0 Å². The summed E-state index contributed by atoms with van der Waals surface area (Å²) in [6, 6.07) is 10.0.